The highest BCUT2D eigenvalue weighted by Crippen LogP contribution is 2.22. The van der Waals surface area contributed by atoms with Gasteiger partial charge in [-0.1, -0.05) is 0 Å². The maximum atomic E-state index is 5.67. The summed E-state index contributed by atoms with van der Waals surface area (Å²) in [4.78, 5) is 11.3. The Balaban J connectivity index is 2.28. The summed E-state index contributed by atoms with van der Waals surface area (Å²) in [5.74, 6) is 2.48. The molecule has 2 atom stereocenters. The minimum atomic E-state index is 0.217. The fraction of sp³-hybridized carbons (Fsp3) is 0.714. The first kappa shape index (κ1) is 15.0. The van der Waals surface area contributed by atoms with E-state index in [1.807, 2.05) is 6.07 Å². The second-order valence-electron chi connectivity index (χ2n) is 5.14. The van der Waals surface area contributed by atoms with Crippen LogP contribution in [0.3, 0.4) is 0 Å². The minimum absolute atomic E-state index is 0.217. The molecule has 1 aliphatic rings. The van der Waals surface area contributed by atoms with Crippen molar-refractivity contribution < 1.29 is 9.47 Å². The molecule has 1 saturated heterocycles. The molecule has 1 fully saturated rings. The number of morpholine rings is 1. The lowest BCUT2D eigenvalue weighted by Gasteiger charge is -2.37. The molecule has 6 heteroatoms. The summed E-state index contributed by atoms with van der Waals surface area (Å²) in [7, 11) is 1.66. The van der Waals surface area contributed by atoms with Crippen LogP contribution >= 0.6 is 0 Å². The van der Waals surface area contributed by atoms with Crippen molar-refractivity contribution >= 4 is 11.6 Å². The number of nitrogens with one attached hydrogen (secondary N) is 1. The quantitative estimate of drug-likeness (QED) is 0.885. The van der Waals surface area contributed by atoms with Crippen molar-refractivity contribution in [1.29, 1.82) is 0 Å². The Labute approximate surface area is 120 Å². The van der Waals surface area contributed by atoms with E-state index in [4.69, 9.17) is 9.47 Å². The maximum absolute atomic E-state index is 5.67. The lowest BCUT2D eigenvalue weighted by Crippen LogP contribution is -2.47. The predicted molar refractivity (Wildman–Crippen MR) is 79.1 cm³/mol. The van der Waals surface area contributed by atoms with Crippen LogP contribution < -0.4 is 10.2 Å². The summed E-state index contributed by atoms with van der Waals surface area (Å²) in [6.07, 6.45) is 0.217. The molecule has 0 aliphatic carbocycles. The third-order valence-corrected chi connectivity index (χ3v) is 3.29. The topological polar surface area (TPSA) is 59.5 Å². The Morgan fingerprint density at radius 1 is 1.45 bits per heavy atom. The highest BCUT2D eigenvalue weighted by molar-refractivity contribution is 5.50. The number of ether oxygens (including phenoxy) is 2. The summed E-state index contributed by atoms with van der Waals surface area (Å²) < 4.78 is 10.8. The molecule has 0 bridgehead atoms. The van der Waals surface area contributed by atoms with Gasteiger partial charge in [-0.05, 0) is 20.8 Å². The van der Waals surface area contributed by atoms with Crippen molar-refractivity contribution in [2.24, 2.45) is 0 Å². The average molecular weight is 280 g/mol. The largest absolute Gasteiger partial charge is 0.377 e. The van der Waals surface area contributed by atoms with Gasteiger partial charge in [0.1, 0.15) is 18.2 Å². The Hall–Kier alpha value is -1.40. The summed E-state index contributed by atoms with van der Waals surface area (Å²) in [5.41, 5.74) is 0. The monoisotopic (exact) mass is 280 g/mol. The van der Waals surface area contributed by atoms with Crippen LogP contribution in [-0.4, -0.2) is 48.9 Å². The van der Waals surface area contributed by atoms with Gasteiger partial charge in [0.15, 0.2) is 5.82 Å². The van der Waals surface area contributed by atoms with Crippen LogP contribution in [0.5, 0.6) is 0 Å². The Bertz CT molecular complexity index is 417. The fourth-order valence-electron chi connectivity index (χ4n) is 2.32. The normalized spacial score (nSPS) is 22.9. The number of aromatic nitrogens is 2. The second-order valence-corrected chi connectivity index (χ2v) is 5.14. The van der Waals surface area contributed by atoms with Crippen LogP contribution in [0.1, 0.15) is 26.6 Å². The third kappa shape index (κ3) is 3.58. The minimum Gasteiger partial charge on any atom is -0.377 e. The number of methoxy groups -OCH3 is 1. The van der Waals surface area contributed by atoms with Crippen molar-refractivity contribution in [2.45, 2.75) is 39.5 Å². The molecule has 112 valence electrons. The second kappa shape index (κ2) is 6.85. The van der Waals surface area contributed by atoms with E-state index in [0.29, 0.717) is 18.5 Å². The molecule has 0 aromatic carbocycles. The Morgan fingerprint density at radius 3 is 2.95 bits per heavy atom. The average Bonchev–Trinajstić information content (AvgIpc) is 2.42. The summed E-state index contributed by atoms with van der Waals surface area (Å²) >= 11 is 0. The summed E-state index contributed by atoms with van der Waals surface area (Å²) in [5, 5.41) is 3.25. The van der Waals surface area contributed by atoms with Crippen LogP contribution in [0, 0.1) is 0 Å². The van der Waals surface area contributed by atoms with Gasteiger partial charge in [0.05, 0.1) is 18.8 Å². The molecule has 0 amide bonds. The third-order valence-electron chi connectivity index (χ3n) is 3.29. The van der Waals surface area contributed by atoms with Gasteiger partial charge < -0.3 is 19.7 Å². The van der Waals surface area contributed by atoms with E-state index in [1.165, 1.54) is 0 Å². The van der Waals surface area contributed by atoms with Gasteiger partial charge in [-0.15, -0.1) is 0 Å². The van der Waals surface area contributed by atoms with Gasteiger partial charge in [0, 0.05) is 26.3 Å². The lowest BCUT2D eigenvalue weighted by atomic mass is 10.2. The molecule has 20 heavy (non-hydrogen) atoms. The van der Waals surface area contributed by atoms with Crippen LogP contribution in [0.2, 0.25) is 0 Å². The molecule has 2 heterocycles. The van der Waals surface area contributed by atoms with E-state index in [2.05, 4.69) is 41.0 Å². The molecule has 1 N–H and O–H groups in total. The van der Waals surface area contributed by atoms with E-state index in [-0.39, 0.29) is 6.10 Å². The molecular formula is C14H24N4O2. The smallest absolute Gasteiger partial charge is 0.158 e. The standard InChI is InChI=1S/C14H24N4O2/c1-5-15-12-6-14(17-13(16-12)9-19-4)18-7-11(3)20-8-10(18)2/h6,10-11H,5,7-9H2,1-4H3,(H,15,16,17). The molecule has 2 rings (SSSR count). The highest BCUT2D eigenvalue weighted by atomic mass is 16.5. The zero-order valence-electron chi connectivity index (χ0n) is 12.7. The predicted octanol–water partition coefficient (Wildman–Crippen LogP) is 1.67. The number of hydrogen-bond donors (Lipinski definition) is 1. The van der Waals surface area contributed by atoms with Crippen molar-refractivity contribution in [2.75, 3.05) is 37.0 Å². The molecule has 0 saturated carbocycles. The maximum Gasteiger partial charge on any atom is 0.158 e. The van der Waals surface area contributed by atoms with Crippen LogP contribution in [0.4, 0.5) is 11.6 Å². The van der Waals surface area contributed by atoms with Gasteiger partial charge in [-0.25, -0.2) is 9.97 Å². The van der Waals surface area contributed by atoms with Gasteiger partial charge in [-0.3, -0.25) is 0 Å². The van der Waals surface area contributed by atoms with E-state index >= 15 is 0 Å². The summed E-state index contributed by atoms with van der Waals surface area (Å²) in [6.45, 7) is 9.10. The zero-order chi connectivity index (χ0) is 14.5. The molecule has 1 aliphatic heterocycles. The van der Waals surface area contributed by atoms with Gasteiger partial charge in [0.25, 0.3) is 0 Å². The van der Waals surface area contributed by atoms with Crippen molar-refractivity contribution in [3.63, 3.8) is 0 Å². The van der Waals surface area contributed by atoms with E-state index < -0.39 is 0 Å². The van der Waals surface area contributed by atoms with Crippen LogP contribution in [0.15, 0.2) is 6.07 Å². The number of hydrogen-bond acceptors (Lipinski definition) is 6. The Kier molecular flexibility index (Phi) is 5.14. The molecule has 1 aromatic rings. The first-order valence-electron chi connectivity index (χ1n) is 7.13. The number of nitrogens with zero attached hydrogens (tertiary/aromatic N) is 3. The Morgan fingerprint density at radius 2 is 2.25 bits per heavy atom. The lowest BCUT2D eigenvalue weighted by molar-refractivity contribution is 0.0340. The van der Waals surface area contributed by atoms with Crippen molar-refractivity contribution in [3.05, 3.63) is 11.9 Å². The van der Waals surface area contributed by atoms with Crippen LogP contribution in [-0.2, 0) is 16.1 Å². The number of anilines is 2. The van der Waals surface area contributed by atoms with Crippen LogP contribution in [0.25, 0.3) is 0 Å². The summed E-state index contributed by atoms with van der Waals surface area (Å²) in [6, 6.07) is 2.31. The molecule has 0 spiro atoms. The number of rotatable bonds is 5. The van der Waals surface area contributed by atoms with E-state index in [0.717, 1.165) is 31.3 Å². The van der Waals surface area contributed by atoms with Crippen molar-refractivity contribution in [1.82, 2.24) is 9.97 Å². The van der Waals surface area contributed by atoms with Gasteiger partial charge in [0.2, 0.25) is 0 Å². The molecular weight excluding hydrogens is 256 g/mol. The fourth-order valence-corrected chi connectivity index (χ4v) is 2.32. The highest BCUT2D eigenvalue weighted by Gasteiger charge is 2.25. The first-order chi connectivity index (χ1) is 9.63. The van der Waals surface area contributed by atoms with Crippen molar-refractivity contribution in [3.8, 4) is 0 Å². The molecule has 2 unspecified atom stereocenters. The molecule has 6 nitrogen and oxygen atoms in total. The molecule has 1 aromatic heterocycles. The SMILES string of the molecule is CCNc1cc(N2CC(C)OCC2C)nc(COC)n1. The van der Waals surface area contributed by atoms with Gasteiger partial charge in [-0.2, -0.15) is 0 Å². The van der Waals surface area contributed by atoms with Gasteiger partial charge >= 0.3 is 0 Å². The van der Waals surface area contributed by atoms with E-state index in [9.17, 15) is 0 Å². The first-order valence-corrected chi connectivity index (χ1v) is 7.13. The zero-order valence-corrected chi connectivity index (χ0v) is 12.7. The van der Waals surface area contributed by atoms with E-state index in [1.54, 1.807) is 7.11 Å². The molecule has 0 radical (unpaired) electrons.